The van der Waals surface area contributed by atoms with Crippen molar-refractivity contribution in [3.8, 4) is 11.4 Å². The molecule has 4 aromatic rings. The number of rotatable bonds is 7. The molecule has 0 unspecified atom stereocenters. The molecule has 0 aliphatic rings. The molecular formula is C23H25N5O2. The highest BCUT2D eigenvalue weighted by Gasteiger charge is 2.14. The van der Waals surface area contributed by atoms with E-state index in [0.717, 1.165) is 22.0 Å². The lowest BCUT2D eigenvalue weighted by Crippen LogP contribution is -2.14. The number of nitrogens with one attached hydrogen (secondary N) is 2. The first-order valence-electron chi connectivity index (χ1n) is 9.94. The maximum atomic E-state index is 12.8. The summed E-state index contributed by atoms with van der Waals surface area (Å²) in [6, 6.07) is 16.0. The van der Waals surface area contributed by atoms with E-state index >= 15 is 0 Å². The van der Waals surface area contributed by atoms with Crippen LogP contribution in [0.2, 0.25) is 0 Å². The van der Waals surface area contributed by atoms with E-state index in [9.17, 15) is 4.79 Å². The molecule has 0 spiro atoms. The standard InChI is InChI=1S/C23H25N5O2/c1-15(2)28-13-17(19-9-4-5-10-20(19)28)12-22(29)24-18-8-6-7-16(11-18)23-25-21(14-30-3)26-27-23/h4-11,13,15H,12,14H2,1-3H3,(H,24,29)(H,25,26,27). The predicted octanol–water partition coefficient (Wildman–Crippen LogP) is 4.33. The number of benzene rings is 2. The molecule has 0 aliphatic heterocycles. The van der Waals surface area contributed by atoms with Gasteiger partial charge in [-0.25, -0.2) is 4.98 Å². The Kier molecular flexibility index (Phi) is 5.63. The molecule has 0 saturated carbocycles. The van der Waals surface area contributed by atoms with Crippen LogP contribution in [0.4, 0.5) is 5.69 Å². The lowest BCUT2D eigenvalue weighted by molar-refractivity contribution is -0.115. The number of aromatic nitrogens is 4. The van der Waals surface area contributed by atoms with Crippen LogP contribution < -0.4 is 5.32 Å². The number of carbonyl (C=O) groups is 1. The molecule has 2 N–H and O–H groups in total. The monoisotopic (exact) mass is 403 g/mol. The van der Waals surface area contributed by atoms with E-state index in [4.69, 9.17) is 4.74 Å². The second kappa shape index (κ2) is 8.51. The highest BCUT2D eigenvalue weighted by molar-refractivity contribution is 5.96. The smallest absolute Gasteiger partial charge is 0.228 e. The number of nitrogens with zero attached hydrogens (tertiary/aromatic N) is 3. The van der Waals surface area contributed by atoms with Crippen LogP contribution in [-0.2, 0) is 22.6 Å². The van der Waals surface area contributed by atoms with E-state index < -0.39 is 0 Å². The number of para-hydroxylation sites is 1. The highest BCUT2D eigenvalue weighted by atomic mass is 16.5. The van der Waals surface area contributed by atoms with Gasteiger partial charge in [0.25, 0.3) is 0 Å². The summed E-state index contributed by atoms with van der Waals surface area (Å²) in [6.07, 6.45) is 2.39. The molecule has 4 rings (SSSR count). The number of carbonyl (C=O) groups excluding carboxylic acids is 1. The number of H-pyrrole nitrogens is 1. The van der Waals surface area contributed by atoms with E-state index in [1.54, 1.807) is 7.11 Å². The van der Waals surface area contributed by atoms with Gasteiger partial charge in [0.1, 0.15) is 6.61 Å². The number of aromatic amines is 1. The van der Waals surface area contributed by atoms with Gasteiger partial charge < -0.3 is 14.6 Å². The molecule has 0 atom stereocenters. The second-order valence-electron chi connectivity index (χ2n) is 7.52. The van der Waals surface area contributed by atoms with Crippen LogP contribution in [0.25, 0.3) is 22.3 Å². The molecule has 7 heteroatoms. The molecule has 7 nitrogen and oxygen atoms in total. The maximum Gasteiger partial charge on any atom is 0.228 e. The number of hydrogen-bond donors (Lipinski definition) is 2. The summed E-state index contributed by atoms with van der Waals surface area (Å²) < 4.78 is 7.27. The van der Waals surface area contributed by atoms with Gasteiger partial charge in [0.05, 0.1) is 6.42 Å². The minimum Gasteiger partial charge on any atom is -0.377 e. The van der Waals surface area contributed by atoms with Gasteiger partial charge in [-0.05, 0) is 37.6 Å². The van der Waals surface area contributed by atoms with Crippen LogP contribution in [0, 0.1) is 0 Å². The van der Waals surface area contributed by atoms with Crippen molar-refractivity contribution in [2.24, 2.45) is 0 Å². The Labute approximate surface area is 175 Å². The zero-order valence-electron chi connectivity index (χ0n) is 17.3. The van der Waals surface area contributed by atoms with Crippen LogP contribution >= 0.6 is 0 Å². The lowest BCUT2D eigenvalue weighted by Gasteiger charge is -2.08. The molecule has 1 amide bonds. The number of amides is 1. The van der Waals surface area contributed by atoms with Crippen molar-refractivity contribution in [1.82, 2.24) is 19.7 Å². The molecule has 2 aromatic heterocycles. The third kappa shape index (κ3) is 4.11. The Bertz CT molecular complexity index is 1180. The van der Waals surface area contributed by atoms with Crippen molar-refractivity contribution in [3.05, 3.63) is 66.1 Å². The second-order valence-corrected chi connectivity index (χ2v) is 7.52. The normalized spacial score (nSPS) is 11.3. The van der Waals surface area contributed by atoms with E-state index in [-0.39, 0.29) is 5.91 Å². The molecule has 30 heavy (non-hydrogen) atoms. The Morgan fingerprint density at radius 2 is 2.03 bits per heavy atom. The Hall–Kier alpha value is -3.45. The molecular weight excluding hydrogens is 378 g/mol. The quantitative estimate of drug-likeness (QED) is 0.481. The summed E-state index contributed by atoms with van der Waals surface area (Å²) in [4.78, 5) is 17.2. The van der Waals surface area contributed by atoms with Crippen molar-refractivity contribution in [3.63, 3.8) is 0 Å². The van der Waals surface area contributed by atoms with E-state index in [1.165, 1.54) is 0 Å². The maximum absolute atomic E-state index is 12.8. The van der Waals surface area contributed by atoms with Crippen LogP contribution in [-0.4, -0.2) is 32.8 Å². The van der Waals surface area contributed by atoms with Crippen molar-refractivity contribution in [1.29, 1.82) is 0 Å². The number of methoxy groups -OCH3 is 1. The number of hydrogen-bond acceptors (Lipinski definition) is 4. The molecule has 0 bridgehead atoms. The van der Waals surface area contributed by atoms with Crippen LogP contribution in [0.5, 0.6) is 0 Å². The number of fused-ring (bicyclic) bond motifs is 1. The van der Waals surface area contributed by atoms with Crippen molar-refractivity contribution < 1.29 is 9.53 Å². The van der Waals surface area contributed by atoms with Gasteiger partial charge in [-0.2, -0.15) is 5.10 Å². The molecule has 2 heterocycles. The average molecular weight is 403 g/mol. The fourth-order valence-electron chi connectivity index (χ4n) is 3.59. The highest BCUT2D eigenvalue weighted by Crippen LogP contribution is 2.25. The molecule has 0 fully saturated rings. The van der Waals surface area contributed by atoms with Crippen LogP contribution in [0.1, 0.15) is 31.3 Å². The first-order chi connectivity index (χ1) is 14.5. The minimum atomic E-state index is -0.0612. The third-order valence-corrected chi connectivity index (χ3v) is 4.95. The summed E-state index contributed by atoms with van der Waals surface area (Å²) in [5.74, 6) is 1.16. The van der Waals surface area contributed by atoms with E-state index in [1.807, 2.05) is 36.4 Å². The first kappa shape index (κ1) is 19.8. The lowest BCUT2D eigenvalue weighted by atomic mass is 10.1. The summed E-state index contributed by atoms with van der Waals surface area (Å²) >= 11 is 0. The van der Waals surface area contributed by atoms with Gasteiger partial charge in [0.15, 0.2) is 11.6 Å². The predicted molar refractivity (Wildman–Crippen MR) is 117 cm³/mol. The van der Waals surface area contributed by atoms with E-state index in [0.29, 0.717) is 36.4 Å². The van der Waals surface area contributed by atoms with Gasteiger partial charge in [-0.1, -0.05) is 30.3 Å². The minimum absolute atomic E-state index is 0.0612. The summed E-state index contributed by atoms with van der Waals surface area (Å²) in [5.41, 5.74) is 3.70. The molecule has 0 saturated heterocycles. The third-order valence-electron chi connectivity index (χ3n) is 4.95. The molecule has 0 radical (unpaired) electrons. The van der Waals surface area contributed by atoms with Gasteiger partial charge >= 0.3 is 0 Å². The van der Waals surface area contributed by atoms with Gasteiger partial charge in [0, 0.05) is 41.5 Å². The van der Waals surface area contributed by atoms with Crippen molar-refractivity contribution >= 4 is 22.5 Å². The zero-order valence-corrected chi connectivity index (χ0v) is 17.3. The number of anilines is 1. The van der Waals surface area contributed by atoms with Crippen LogP contribution in [0.15, 0.2) is 54.7 Å². The van der Waals surface area contributed by atoms with Crippen LogP contribution in [0.3, 0.4) is 0 Å². The Morgan fingerprint density at radius 1 is 1.20 bits per heavy atom. The summed E-state index contributed by atoms with van der Waals surface area (Å²) in [6.45, 7) is 4.65. The summed E-state index contributed by atoms with van der Waals surface area (Å²) in [5, 5.41) is 11.2. The first-order valence-corrected chi connectivity index (χ1v) is 9.94. The zero-order chi connectivity index (χ0) is 21.1. The van der Waals surface area contributed by atoms with Gasteiger partial charge in [-0.3, -0.25) is 9.89 Å². The fraction of sp³-hybridized carbons (Fsp3) is 0.261. The number of ether oxygens (including phenoxy) is 1. The largest absolute Gasteiger partial charge is 0.377 e. The SMILES string of the molecule is COCc1nc(-c2cccc(NC(=O)Cc3cn(C(C)C)c4ccccc34)c2)n[nH]1. The molecule has 0 aliphatic carbocycles. The van der Waals surface area contributed by atoms with Gasteiger partial charge in [0.2, 0.25) is 5.91 Å². The summed E-state index contributed by atoms with van der Waals surface area (Å²) in [7, 11) is 1.61. The Morgan fingerprint density at radius 3 is 2.83 bits per heavy atom. The Balaban J connectivity index is 1.52. The fourth-order valence-corrected chi connectivity index (χ4v) is 3.59. The average Bonchev–Trinajstić information content (AvgIpc) is 3.34. The van der Waals surface area contributed by atoms with Crippen molar-refractivity contribution in [2.75, 3.05) is 12.4 Å². The van der Waals surface area contributed by atoms with Crippen molar-refractivity contribution in [2.45, 2.75) is 32.9 Å². The topological polar surface area (TPSA) is 84.8 Å². The molecule has 154 valence electrons. The van der Waals surface area contributed by atoms with E-state index in [2.05, 4.69) is 57.2 Å². The van der Waals surface area contributed by atoms with Gasteiger partial charge in [-0.15, -0.1) is 0 Å². The molecule has 2 aromatic carbocycles.